The van der Waals surface area contributed by atoms with Crippen molar-refractivity contribution in [3.05, 3.63) is 35.5 Å². The predicted octanol–water partition coefficient (Wildman–Crippen LogP) is 2.41. The third kappa shape index (κ3) is 3.85. The molecular weight excluding hydrogens is 304 g/mol. The molecule has 1 aliphatic heterocycles. The number of nitrogens with zero attached hydrogens (tertiary/aromatic N) is 5. The minimum absolute atomic E-state index is 0.252. The smallest absolute Gasteiger partial charge is 0.228 e. The van der Waals surface area contributed by atoms with E-state index >= 15 is 0 Å². The van der Waals surface area contributed by atoms with Crippen LogP contribution in [0.2, 0.25) is 0 Å². The molecule has 1 atom stereocenters. The highest BCUT2D eigenvalue weighted by Gasteiger charge is 2.29. The molecule has 0 saturated carbocycles. The minimum atomic E-state index is 0.252. The van der Waals surface area contributed by atoms with Gasteiger partial charge in [-0.2, -0.15) is 0 Å². The third-order valence-corrected chi connectivity index (χ3v) is 4.20. The number of aromatic nitrogens is 4. The molecular formula is C17H24N6O. The summed E-state index contributed by atoms with van der Waals surface area (Å²) >= 11 is 0. The largest absolute Gasteiger partial charge is 0.383 e. The molecule has 2 aromatic rings. The van der Waals surface area contributed by atoms with Gasteiger partial charge in [0.15, 0.2) is 5.82 Å². The summed E-state index contributed by atoms with van der Waals surface area (Å²) in [6.07, 6.45) is 5.67. The average molecular weight is 328 g/mol. The normalized spacial score (nSPS) is 18.0. The molecule has 128 valence electrons. The molecule has 7 heteroatoms. The Kier molecular flexibility index (Phi) is 5.32. The molecule has 2 aromatic heterocycles. The molecule has 1 N–H and O–H groups in total. The van der Waals surface area contributed by atoms with Crippen molar-refractivity contribution in [1.82, 2.24) is 24.8 Å². The molecule has 1 aliphatic rings. The molecule has 0 bridgehead atoms. The van der Waals surface area contributed by atoms with Crippen LogP contribution in [0, 0.1) is 13.8 Å². The molecule has 0 aliphatic carbocycles. The van der Waals surface area contributed by atoms with Crippen molar-refractivity contribution in [2.75, 3.05) is 32.1 Å². The second-order valence-corrected chi connectivity index (χ2v) is 6.08. The van der Waals surface area contributed by atoms with Crippen LogP contribution in [-0.2, 0) is 4.74 Å². The van der Waals surface area contributed by atoms with E-state index < -0.39 is 0 Å². The molecule has 1 saturated heterocycles. The van der Waals surface area contributed by atoms with Gasteiger partial charge >= 0.3 is 0 Å². The van der Waals surface area contributed by atoms with Crippen LogP contribution in [0.5, 0.6) is 0 Å². The summed E-state index contributed by atoms with van der Waals surface area (Å²) in [5.41, 5.74) is 2.81. The molecule has 0 radical (unpaired) electrons. The molecule has 1 fully saturated rings. The number of rotatable bonds is 6. The van der Waals surface area contributed by atoms with Gasteiger partial charge < -0.3 is 10.1 Å². The third-order valence-electron chi connectivity index (χ3n) is 4.20. The number of ether oxygens (including phenoxy) is 1. The van der Waals surface area contributed by atoms with E-state index in [2.05, 4.69) is 30.2 Å². The van der Waals surface area contributed by atoms with E-state index in [0.717, 1.165) is 55.4 Å². The van der Waals surface area contributed by atoms with Gasteiger partial charge in [-0.25, -0.2) is 15.0 Å². The monoisotopic (exact) mass is 328 g/mol. The van der Waals surface area contributed by atoms with E-state index in [1.165, 1.54) is 0 Å². The van der Waals surface area contributed by atoms with E-state index in [9.17, 15) is 0 Å². The van der Waals surface area contributed by atoms with Gasteiger partial charge in [-0.1, -0.05) is 0 Å². The highest BCUT2D eigenvalue weighted by atomic mass is 16.5. The van der Waals surface area contributed by atoms with Crippen LogP contribution in [0.15, 0.2) is 18.5 Å². The Morgan fingerprint density at radius 2 is 1.96 bits per heavy atom. The topological polar surface area (TPSA) is 76.1 Å². The van der Waals surface area contributed by atoms with Gasteiger partial charge in [-0.15, -0.1) is 0 Å². The van der Waals surface area contributed by atoms with Crippen molar-refractivity contribution in [3.63, 3.8) is 0 Å². The number of likely N-dealkylation sites (tertiary alicyclic amines) is 1. The summed E-state index contributed by atoms with van der Waals surface area (Å²) in [6, 6.07) is 2.20. The Labute approximate surface area is 142 Å². The van der Waals surface area contributed by atoms with Crippen molar-refractivity contribution >= 4 is 11.8 Å². The van der Waals surface area contributed by atoms with Gasteiger partial charge in [0.25, 0.3) is 0 Å². The first-order valence-electron chi connectivity index (χ1n) is 8.30. The molecule has 3 heterocycles. The highest BCUT2D eigenvalue weighted by molar-refractivity contribution is 5.52. The summed E-state index contributed by atoms with van der Waals surface area (Å²) in [4.78, 5) is 20.4. The second kappa shape index (κ2) is 7.63. The Hall–Kier alpha value is -2.12. The predicted molar refractivity (Wildman–Crippen MR) is 92.2 cm³/mol. The number of hydrogen-bond donors (Lipinski definition) is 1. The number of methoxy groups -OCH3 is 1. The van der Waals surface area contributed by atoms with Gasteiger partial charge in [-0.3, -0.25) is 9.88 Å². The van der Waals surface area contributed by atoms with Crippen LogP contribution in [0.1, 0.15) is 36.0 Å². The number of aryl methyl sites for hydroxylation is 2. The van der Waals surface area contributed by atoms with Crippen LogP contribution >= 0.6 is 0 Å². The maximum atomic E-state index is 5.23. The van der Waals surface area contributed by atoms with Crippen LogP contribution in [0.25, 0.3) is 0 Å². The SMILES string of the molecule is COCCN1CCCC1c1nccnc1Nc1nc(C)cc(C)n1. The van der Waals surface area contributed by atoms with E-state index in [1.54, 1.807) is 19.5 Å². The lowest BCUT2D eigenvalue weighted by Gasteiger charge is -2.24. The summed E-state index contributed by atoms with van der Waals surface area (Å²) in [7, 11) is 1.73. The molecule has 7 nitrogen and oxygen atoms in total. The molecule has 0 aromatic carbocycles. The van der Waals surface area contributed by atoms with Gasteiger partial charge in [-0.05, 0) is 39.3 Å². The zero-order chi connectivity index (χ0) is 16.9. The lowest BCUT2D eigenvalue weighted by atomic mass is 10.1. The Balaban J connectivity index is 1.85. The molecule has 3 rings (SSSR count). The van der Waals surface area contributed by atoms with Crippen molar-refractivity contribution < 1.29 is 4.74 Å². The molecule has 0 amide bonds. The fourth-order valence-electron chi connectivity index (χ4n) is 3.19. The maximum Gasteiger partial charge on any atom is 0.228 e. The van der Waals surface area contributed by atoms with Gasteiger partial charge in [0.1, 0.15) is 5.69 Å². The van der Waals surface area contributed by atoms with Gasteiger partial charge in [0, 0.05) is 37.4 Å². The van der Waals surface area contributed by atoms with Crippen LogP contribution in [-0.4, -0.2) is 51.6 Å². The van der Waals surface area contributed by atoms with Crippen molar-refractivity contribution in [1.29, 1.82) is 0 Å². The Bertz CT molecular complexity index is 672. The van der Waals surface area contributed by atoms with Crippen molar-refractivity contribution in [2.45, 2.75) is 32.7 Å². The summed E-state index contributed by atoms with van der Waals surface area (Å²) < 4.78 is 5.23. The first-order valence-corrected chi connectivity index (χ1v) is 8.30. The second-order valence-electron chi connectivity index (χ2n) is 6.08. The molecule has 24 heavy (non-hydrogen) atoms. The molecule has 0 spiro atoms. The first kappa shape index (κ1) is 16.7. The summed E-state index contributed by atoms with van der Waals surface area (Å²) in [6.45, 7) is 6.60. The number of nitrogens with one attached hydrogen (secondary N) is 1. The minimum Gasteiger partial charge on any atom is -0.383 e. The maximum absolute atomic E-state index is 5.23. The highest BCUT2D eigenvalue weighted by Crippen LogP contribution is 2.33. The van der Waals surface area contributed by atoms with Crippen molar-refractivity contribution in [2.24, 2.45) is 0 Å². The van der Waals surface area contributed by atoms with Crippen LogP contribution in [0.4, 0.5) is 11.8 Å². The Morgan fingerprint density at radius 1 is 1.21 bits per heavy atom. The first-order chi connectivity index (χ1) is 11.7. The zero-order valence-corrected chi connectivity index (χ0v) is 14.5. The van der Waals surface area contributed by atoms with Crippen LogP contribution < -0.4 is 5.32 Å². The fraction of sp³-hybridized carbons (Fsp3) is 0.529. The summed E-state index contributed by atoms with van der Waals surface area (Å²) in [5.74, 6) is 1.30. The van der Waals surface area contributed by atoms with E-state index in [4.69, 9.17) is 4.74 Å². The fourth-order valence-corrected chi connectivity index (χ4v) is 3.19. The zero-order valence-electron chi connectivity index (χ0n) is 14.5. The number of hydrogen-bond acceptors (Lipinski definition) is 7. The summed E-state index contributed by atoms with van der Waals surface area (Å²) in [5, 5.41) is 3.25. The van der Waals surface area contributed by atoms with Gasteiger partial charge in [0.2, 0.25) is 5.95 Å². The molecule has 1 unspecified atom stereocenters. The van der Waals surface area contributed by atoms with Gasteiger partial charge in [0.05, 0.1) is 12.6 Å². The average Bonchev–Trinajstić information content (AvgIpc) is 3.00. The Morgan fingerprint density at radius 3 is 2.71 bits per heavy atom. The van der Waals surface area contributed by atoms with Crippen LogP contribution in [0.3, 0.4) is 0 Å². The quantitative estimate of drug-likeness (QED) is 0.872. The number of anilines is 2. The van der Waals surface area contributed by atoms with Crippen molar-refractivity contribution in [3.8, 4) is 0 Å². The van der Waals surface area contributed by atoms with E-state index in [0.29, 0.717) is 5.95 Å². The lowest BCUT2D eigenvalue weighted by molar-refractivity contribution is 0.140. The van der Waals surface area contributed by atoms with E-state index in [1.807, 2.05) is 19.9 Å². The lowest BCUT2D eigenvalue weighted by Crippen LogP contribution is -2.28. The van der Waals surface area contributed by atoms with E-state index in [-0.39, 0.29) is 6.04 Å². The standard InChI is InChI=1S/C17H24N6O/c1-12-11-13(2)21-17(20-12)22-16-15(18-6-7-19-16)14-5-4-8-23(14)9-10-24-3/h6-7,11,14H,4-5,8-10H2,1-3H3,(H,19,20,21,22).